The molecule has 0 amide bonds. The summed E-state index contributed by atoms with van der Waals surface area (Å²) >= 11 is 0. The second kappa shape index (κ2) is 7.45. The van der Waals surface area contributed by atoms with E-state index >= 15 is 0 Å². The van der Waals surface area contributed by atoms with E-state index in [0.29, 0.717) is 0 Å². The van der Waals surface area contributed by atoms with Crippen LogP contribution in [-0.2, 0) is 6.42 Å². The van der Waals surface area contributed by atoms with Crippen LogP contribution in [0, 0.1) is 20.8 Å². The van der Waals surface area contributed by atoms with Gasteiger partial charge in [0.05, 0.1) is 0 Å². The fraction of sp³-hybridized carbons (Fsp3) is 0.364. The summed E-state index contributed by atoms with van der Waals surface area (Å²) in [5.41, 5.74) is 9.80. The number of hydrogen-bond acceptors (Lipinski definition) is 0. The molecule has 0 nitrogen and oxygen atoms in total. The van der Waals surface area contributed by atoms with Crippen molar-refractivity contribution in [3.63, 3.8) is 0 Å². The molecule has 0 N–H and O–H groups in total. The van der Waals surface area contributed by atoms with E-state index in [4.69, 9.17) is 0 Å². The number of aryl methyl sites for hydroxylation is 4. The van der Waals surface area contributed by atoms with Crippen molar-refractivity contribution in [2.75, 3.05) is 0 Å². The van der Waals surface area contributed by atoms with Crippen LogP contribution in [0.3, 0.4) is 0 Å². The second-order valence-corrected chi connectivity index (χ2v) is 6.30. The van der Waals surface area contributed by atoms with Gasteiger partial charge in [0.15, 0.2) is 0 Å². The van der Waals surface area contributed by atoms with Crippen molar-refractivity contribution in [1.29, 1.82) is 0 Å². The van der Waals surface area contributed by atoms with Crippen LogP contribution in [0.15, 0.2) is 36.4 Å². The number of fused-ring (bicyclic) bond motifs is 1. The molecule has 0 radical (unpaired) electrons. The summed E-state index contributed by atoms with van der Waals surface area (Å²) in [6.07, 6.45) is 8.20. The van der Waals surface area contributed by atoms with Gasteiger partial charge in [-0.3, -0.25) is 0 Å². The topological polar surface area (TPSA) is 0 Å². The molecule has 2 aromatic carbocycles. The lowest BCUT2D eigenvalue weighted by molar-refractivity contribution is 0.984. The molecule has 0 spiro atoms. The molecular weight excluding hydrogens is 264 g/mol. The Morgan fingerprint density at radius 2 is 1.64 bits per heavy atom. The first-order valence-electron chi connectivity index (χ1n) is 8.45. The van der Waals surface area contributed by atoms with E-state index in [1.807, 2.05) is 0 Å². The van der Waals surface area contributed by atoms with Crippen LogP contribution >= 0.6 is 0 Å². The maximum atomic E-state index is 2.31. The molecule has 0 aromatic heterocycles. The average molecular weight is 292 g/mol. The van der Waals surface area contributed by atoms with Gasteiger partial charge in [-0.15, -0.1) is 0 Å². The van der Waals surface area contributed by atoms with Crippen molar-refractivity contribution < 1.29 is 0 Å². The van der Waals surface area contributed by atoms with Crippen molar-refractivity contribution in [3.05, 3.63) is 64.2 Å². The van der Waals surface area contributed by atoms with Crippen LogP contribution in [0.4, 0.5) is 0 Å². The van der Waals surface area contributed by atoms with Crippen LogP contribution < -0.4 is 0 Å². The predicted molar refractivity (Wildman–Crippen MR) is 99.4 cm³/mol. The second-order valence-electron chi connectivity index (χ2n) is 6.30. The minimum absolute atomic E-state index is 1.17. The first kappa shape index (κ1) is 16.5. The molecule has 1 aliphatic carbocycles. The molecule has 0 aliphatic heterocycles. The van der Waals surface area contributed by atoms with E-state index < -0.39 is 0 Å². The van der Waals surface area contributed by atoms with Crippen LogP contribution in [0.25, 0.3) is 17.2 Å². The number of benzene rings is 2. The van der Waals surface area contributed by atoms with Crippen molar-refractivity contribution >= 4 is 6.08 Å². The molecule has 2 aromatic rings. The minimum atomic E-state index is 1.17. The van der Waals surface area contributed by atoms with E-state index in [1.165, 1.54) is 58.2 Å². The lowest BCUT2D eigenvalue weighted by atomic mass is 9.85. The molecule has 0 unspecified atom stereocenters. The van der Waals surface area contributed by atoms with Gasteiger partial charge >= 0.3 is 0 Å². The zero-order valence-electron chi connectivity index (χ0n) is 14.7. The summed E-state index contributed by atoms with van der Waals surface area (Å²) in [5, 5.41) is 0. The molecule has 0 heterocycles. The third kappa shape index (κ3) is 3.50. The zero-order valence-corrected chi connectivity index (χ0v) is 14.7. The highest BCUT2D eigenvalue weighted by atomic mass is 14.2. The molecule has 0 heteroatoms. The summed E-state index contributed by atoms with van der Waals surface area (Å²) < 4.78 is 0. The number of allylic oxidation sites excluding steroid dienone is 1. The maximum Gasteiger partial charge on any atom is -0.00768 e. The summed E-state index contributed by atoms with van der Waals surface area (Å²) in [6.45, 7) is 10.8. The van der Waals surface area contributed by atoms with Crippen molar-refractivity contribution in [2.24, 2.45) is 0 Å². The zero-order chi connectivity index (χ0) is 16.1. The quantitative estimate of drug-likeness (QED) is 0.551. The SMILES string of the molecule is CCC.Cc1ccc(-c2c(C)ccc3c2C=CCC3)c(C)c1. The highest BCUT2D eigenvalue weighted by Crippen LogP contribution is 2.35. The van der Waals surface area contributed by atoms with Crippen LogP contribution in [0.2, 0.25) is 0 Å². The molecule has 0 bridgehead atoms. The Balaban J connectivity index is 0.000000545. The van der Waals surface area contributed by atoms with E-state index in [2.05, 4.69) is 77.1 Å². The summed E-state index contributed by atoms with van der Waals surface area (Å²) in [4.78, 5) is 0. The first-order chi connectivity index (χ1) is 10.6. The summed E-state index contributed by atoms with van der Waals surface area (Å²) in [7, 11) is 0. The minimum Gasteiger partial charge on any atom is -0.0836 e. The third-order valence-corrected chi connectivity index (χ3v) is 4.06. The molecule has 0 atom stereocenters. The van der Waals surface area contributed by atoms with Crippen molar-refractivity contribution in [2.45, 2.75) is 53.9 Å². The summed E-state index contributed by atoms with van der Waals surface area (Å²) in [6, 6.07) is 11.3. The monoisotopic (exact) mass is 292 g/mol. The Hall–Kier alpha value is -1.82. The van der Waals surface area contributed by atoms with E-state index in [0.717, 1.165) is 0 Å². The highest BCUT2D eigenvalue weighted by Gasteiger charge is 2.14. The molecule has 22 heavy (non-hydrogen) atoms. The number of hydrogen-bond donors (Lipinski definition) is 0. The largest absolute Gasteiger partial charge is 0.0836 e. The van der Waals surface area contributed by atoms with Crippen molar-refractivity contribution in [1.82, 2.24) is 0 Å². The van der Waals surface area contributed by atoms with Crippen LogP contribution in [-0.4, -0.2) is 0 Å². The first-order valence-corrected chi connectivity index (χ1v) is 8.45. The van der Waals surface area contributed by atoms with E-state index in [-0.39, 0.29) is 0 Å². The lowest BCUT2D eigenvalue weighted by Crippen LogP contribution is -1.99. The smallest absolute Gasteiger partial charge is 0.00768 e. The standard InChI is InChI=1S/C19H20.C3H8/c1-13-8-11-17(15(3)12-13)19-14(2)9-10-16-6-4-5-7-18(16)19;1-3-2/h5,7-12H,4,6H2,1-3H3;3H2,1-2H3. The van der Waals surface area contributed by atoms with Gasteiger partial charge in [0.2, 0.25) is 0 Å². The van der Waals surface area contributed by atoms with Gasteiger partial charge in [0.1, 0.15) is 0 Å². The van der Waals surface area contributed by atoms with Gasteiger partial charge < -0.3 is 0 Å². The molecule has 116 valence electrons. The average Bonchev–Trinajstić information content (AvgIpc) is 2.49. The Bertz CT molecular complexity index is 675. The molecule has 3 rings (SSSR count). The van der Waals surface area contributed by atoms with Crippen LogP contribution in [0.5, 0.6) is 0 Å². The molecule has 0 fully saturated rings. The molecule has 0 saturated carbocycles. The molecular formula is C22H28. The fourth-order valence-electron chi connectivity index (χ4n) is 3.07. The Kier molecular flexibility index (Phi) is 5.60. The van der Waals surface area contributed by atoms with E-state index in [9.17, 15) is 0 Å². The van der Waals surface area contributed by atoms with Crippen LogP contribution in [0.1, 0.15) is 54.5 Å². The van der Waals surface area contributed by atoms with Gasteiger partial charge in [-0.2, -0.15) is 0 Å². The Morgan fingerprint density at radius 1 is 0.909 bits per heavy atom. The lowest BCUT2D eigenvalue weighted by Gasteiger charge is -2.19. The van der Waals surface area contributed by atoms with Gasteiger partial charge in [0.25, 0.3) is 0 Å². The Labute approximate surface area is 135 Å². The normalized spacial score (nSPS) is 12.4. The third-order valence-electron chi connectivity index (χ3n) is 4.06. The molecule has 1 aliphatic rings. The number of rotatable bonds is 1. The highest BCUT2D eigenvalue weighted by molar-refractivity contribution is 5.82. The molecule has 0 saturated heterocycles. The fourth-order valence-corrected chi connectivity index (χ4v) is 3.07. The van der Waals surface area contributed by atoms with E-state index in [1.54, 1.807) is 0 Å². The Morgan fingerprint density at radius 3 is 2.32 bits per heavy atom. The van der Waals surface area contributed by atoms with Gasteiger partial charge in [0, 0.05) is 0 Å². The van der Waals surface area contributed by atoms with Crippen molar-refractivity contribution in [3.8, 4) is 11.1 Å². The predicted octanol–water partition coefficient (Wildman–Crippen LogP) is 6.65. The maximum absolute atomic E-state index is 2.31. The summed E-state index contributed by atoms with van der Waals surface area (Å²) in [5.74, 6) is 0. The van der Waals surface area contributed by atoms with Gasteiger partial charge in [-0.25, -0.2) is 0 Å². The van der Waals surface area contributed by atoms with Gasteiger partial charge in [-0.05, 0) is 67.0 Å². The van der Waals surface area contributed by atoms with Gasteiger partial charge in [-0.1, -0.05) is 68.3 Å².